The molecule has 29 heavy (non-hydrogen) atoms. The normalized spacial score (nSPS) is 43.5. The van der Waals surface area contributed by atoms with Crippen molar-refractivity contribution < 1.29 is 29.3 Å². The topological polar surface area (TPSA) is 101 Å². The van der Waals surface area contributed by atoms with E-state index in [2.05, 4.69) is 13.0 Å². The molecule has 6 nitrogen and oxygen atoms in total. The molecule has 2 N–H and O–H groups in total. The molecule has 0 aromatic heterocycles. The molecule has 0 aromatic carbocycles. The smallest absolute Gasteiger partial charge is 0.303 e. The maximum Gasteiger partial charge on any atom is 0.303 e. The molecule has 2 saturated carbocycles. The van der Waals surface area contributed by atoms with Crippen LogP contribution in [0.2, 0.25) is 0 Å². The molecular weight excluding hydrogens is 372 g/mol. The van der Waals surface area contributed by atoms with Crippen LogP contribution in [0.3, 0.4) is 0 Å². The SMILES string of the molecule is CC(=O)OCC(=O)[C@@]1(O)[C@H](O)CC2C3CCC4=CC(=O)CCC4(C)C3=CCC21C. The molecule has 0 amide bonds. The van der Waals surface area contributed by atoms with Crippen LogP contribution < -0.4 is 0 Å². The summed E-state index contributed by atoms with van der Waals surface area (Å²) >= 11 is 0. The number of carbonyl (C=O) groups is 3. The van der Waals surface area contributed by atoms with Gasteiger partial charge in [0.1, 0.15) is 0 Å². The monoisotopic (exact) mass is 402 g/mol. The van der Waals surface area contributed by atoms with Crippen molar-refractivity contribution in [1.82, 2.24) is 0 Å². The molecule has 0 aromatic rings. The Balaban J connectivity index is 1.70. The Bertz CT molecular complexity index is 840. The lowest BCUT2D eigenvalue weighted by molar-refractivity contribution is -0.174. The first-order chi connectivity index (χ1) is 13.5. The minimum Gasteiger partial charge on any atom is -0.458 e. The second kappa shape index (κ2) is 6.61. The van der Waals surface area contributed by atoms with E-state index in [-0.39, 0.29) is 23.0 Å². The number of hydrogen-bond donors (Lipinski definition) is 2. The van der Waals surface area contributed by atoms with Gasteiger partial charge >= 0.3 is 5.97 Å². The number of carbonyl (C=O) groups excluding carboxylic acids is 3. The fourth-order valence-electron chi connectivity index (χ4n) is 6.66. The summed E-state index contributed by atoms with van der Waals surface area (Å²) in [6.07, 6.45) is 6.60. The highest BCUT2D eigenvalue weighted by Crippen LogP contribution is 2.65. The molecule has 2 fully saturated rings. The predicted molar refractivity (Wildman–Crippen MR) is 105 cm³/mol. The molecule has 6 atom stereocenters. The van der Waals surface area contributed by atoms with Crippen molar-refractivity contribution in [2.24, 2.45) is 22.7 Å². The summed E-state index contributed by atoms with van der Waals surface area (Å²) in [5, 5.41) is 22.3. The van der Waals surface area contributed by atoms with E-state index in [0.717, 1.165) is 19.3 Å². The van der Waals surface area contributed by atoms with Crippen LogP contribution in [0.5, 0.6) is 0 Å². The molecule has 4 aliphatic carbocycles. The second-order valence-corrected chi connectivity index (χ2v) is 9.72. The third-order valence-corrected chi connectivity index (χ3v) is 8.39. The first-order valence-corrected chi connectivity index (χ1v) is 10.6. The largest absolute Gasteiger partial charge is 0.458 e. The molecule has 0 aliphatic heterocycles. The molecule has 6 heteroatoms. The van der Waals surface area contributed by atoms with Crippen LogP contribution in [-0.4, -0.2) is 46.1 Å². The average Bonchev–Trinajstić information content (AvgIpc) is 2.88. The van der Waals surface area contributed by atoms with Crippen LogP contribution >= 0.6 is 0 Å². The van der Waals surface area contributed by atoms with Gasteiger partial charge in [-0.25, -0.2) is 0 Å². The molecule has 0 bridgehead atoms. The van der Waals surface area contributed by atoms with Gasteiger partial charge in [-0.05, 0) is 50.0 Å². The minimum atomic E-state index is -1.94. The number of Topliss-reactive ketones (excluding diaryl/α,β-unsaturated/α-hetero) is 1. The van der Waals surface area contributed by atoms with Crippen LogP contribution in [0, 0.1) is 22.7 Å². The van der Waals surface area contributed by atoms with E-state index >= 15 is 0 Å². The van der Waals surface area contributed by atoms with Crippen molar-refractivity contribution in [1.29, 1.82) is 0 Å². The van der Waals surface area contributed by atoms with Gasteiger partial charge in [0, 0.05) is 24.2 Å². The molecular formula is C23H30O6. The third-order valence-electron chi connectivity index (χ3n) is 8.39. The van der Waals surface area contributed by atoms with Crippen molar-refractivity contribution in [2.75, 3.05) is 6.61 Å². The fraction of sp³-hybridized carbons (Fsp3) is 0.696. The lowest BCUT2D eigenvalue weighted by Crippen LogP contribution is -2.59. The molecule has 158 valence electrons. The van der Waals surface area contributed by atoms with Crippen molar-refractivity contribution >= 4 is 17.5 Å². The standard InChI is InChI=1S/C23H30O6/c1-13(24)29-12-20(27)23(28)19(26)11-18-16-5-4-14-10-15(25)6-8-21(14,2)17(16)7-9-22(18,23)3/h7,10,16,18-19,26,28H,4-6,8-9,11-12H2,1-3H3/t16?,18?,19-,21?,22?,23+/m1/s1. The van der Waals surface area contributed by atoms with Gasteiger partial charge in [-0.3, -0.25) is 14.4 Å². The lowest BCUT2D eigenvalue weighted by atomic mass is 9.50. The summed E-state index contributed by atoms with van der Waals surface area (Å²) in [6, 6.07) is 0. The Kier molecular flexibility index (Phi) is 4.67. The Morgan fingerprint density at radius 2 is 2.00 bits per heavy atom. The van der Waals surface area contributed by atoms with E-state index in [1.165, 1.54) is 18.1 Å². The zero-order valence-electron chi connectivity index (χ0n) is 17.4. The first-order valence-electron chi connectivity index (χ1n) is 10.6. The van der Waals surface area contributed by atoms with E-state index in [1.54, 1.807) is 0 Å². The van der Waals surface area contributed by atoms with Gasteiger partial charge in [-0.1, -0.05) is 31.1 Å². The van der Waals surface area contributed by atoms with E-state index in [1.807, 2.05) is 13.0 Å². The van der Waals surface area contributed by atoms with Crippen LogP contribution in [0.15, 0.2) is 23.3 Å². The molecule has 4 aliphatic rings. The van der Waals surface area contributed by atoms with Gasteiger partial charge in [0.15, 0.2) is 18.0 Å². The van der Waals surface area contributed by atoms with Gasteiger partial charge in [0.05, 0.1) is 6.10 Å². The van der Waals surface area contributed by atoms with Gasteiger partial charge in [0.25, 0.3) is 0 Å². The summed E-state index contributed by atoms with van der Waals surface area (Å²) in [4.78, 5) is 35.9. The van der Waals surface area contributed by atoms with E-state index in [0.29, 0.717) is 19.3 Å². The van der Waals surface area contributed by atoms with E-state index in [9.17, 15) is 24.6 Å². The van der Waals surface area contributed by atoms with E-state index < -0.39 is 35.5 Å². The van der Waals surface area contributed by atoms with Crippen molar-refractivity contribution in [3.05, 3.63) is 23.3 Å². The Morgan fingerprint density at radius 3 is 2.69 bits per heavy atom. The van der Waals surface area contributed by atoms with Crippen molar-refractivity contribution in [2.45, 2.75) is 71.0 Å². The Hall–Kier alpha value is -1.79. The minimum absolute atomic E-state index is 0.0419. The molecule has 0 radical (unpaired) electrons. The number of hydrogen-bond acceptors (Lipinski definition) is 6. The number of ketones is 2. The maximum absolute atomic E-state index is 12.9. The highest BCUT2D eigenvalue weighted by atomic mass is 16.5. The molecule has 4 unspecified atom stereocenters. The summed E-state index contributed by atoms with van der Waals surface area (Å²) in [7, 11) is 0. The number of aliphatic hydroxyl groups is 2. The van der Waals surface area contributed by atoms with E-state index in [4.69, 9.17) is 4.74 Å². The summed E-state index contributed by atoms with van der Waals surface area (Å²) in [5.41, 5.74) is -0.409. The fourth-order valence-corrected chi connectivity index (χ4v) is 6.66. The molecule has 4 rings (SSSR count). The van der Waals surface area contributed by atoms with Gasteiger partial charge < -0.3 is 14.9 Å². The Morgan fingerprint density at radius 1 is 1.28 bits per heavy atom. The van der Waals surface area contributed by atoms with Crippen molar-refractivity contribution in [3.63, 3.8) is 0 Å². The maximum atomic E-state index is 12.9. The number of esters is 1. The van der Waals surface area contributed by atoms with Crippen molar-refractivity contribution in [3.8, 4) is 0 Å². The lowest BCUT2D eigenvalue weighted by Gasteiger charge is -2.54. The zero-order valence-corrected chi connectivity index (χ0v) is 17.4. The van der Waals surface area contributed by atoms with Crippen LogP contribution in [-0.2, 0) is 19.1 Å². The summed E-state index contributed by atoms with van der Waals surface area (Å²) in [6.45, 7) is 4.77. The Labute approximate surface area is 171 Å². The first kappa shape index (κ1) is 20.5. The average molecular weight is 402 g/mol. The highest BCUT2D eigenvalue weighted by molar-refractivity contribution is 5.92. The van der Waals surface area contributed by atoms with Crippen LogP contribution in [0.4, 0.5) is 0 Å². The number of aliphatic hydroxyl groups excluding tert-OH is 1. The summed E-state index contributed by atoms with van der Waals surface area (Å²) < 4.78 is 4.84. The van der Waals surface area contributed by atoms with Gasteiger partial charge in [0.2, 0.25) is 5.78 Å². The van der Waals surface area contributed by atoms with Gasteiger partial charge in [-0.15, -0.1) is 0 Å². The number of fused-ring (bicyclic) bond motifs is 5. The van der Waals surface area contributed by atoms with Crippen LogP contribution in [0.1, 0.15) is 59.3 Å². The predicted octanol–water partition coefficient (Wildman–Crippen LogP) is 2.27. The zero-order chi connectivity index (χ0) is 21.2. The number of allylic oxidation sites excluding steroid dienone is 4. The second-order valence-electron chi connectivity index (χ2n) is 9.72. The summed E-state index contributed by atoms with van der Waals surface area (Å²) in [5.74, 6) is -0.908. The van der Waals surface area contributed by atoms with Crippen LogP contribution in [0.25, 0.3) is 0 Å². The number of rotatable bonds is 3. The van der Waals surface area contributed by atoms with Gasteiger partial charge in [-0.2, -0.15) is 0 Å². The molecule has 0 heterocycles. The highest BCUT2D eigenvalue weighted by Gasteiger charge is 2.68. The third kappa shape index (κ3) is 2.72. The quantitative estimate of drug-likeness (QED) is 0.555. The molecule has 0 spiro atoms. The number of ether oxygens (including phenoxy) is 1. The molecule has 0 saturated heterocycles.